The van der Waals surface area contributed by atoms with Gasteiger partial charge in [-0.1, -0.05) is 50.2 Å². The summed E-state index contributed by atoms with van der Waals surface area (Å²) in [4.78, 5) is 38.6. The van der Waals surface area contributed by atoms with E-state index < -0.39 is 5.54 Å². The number of para-hydroxylation sites is 1. The normalized spacial score (nSPS) is 20.3. The summed E-state index contributed by atoms with van der Waals surface area (Å²) in [6.07, 6.45) is 1.21. The predicted molar refractivity (Wildman–Crippen MR) is 183 cm³/mol. The molecule has 1 saturated heterocycles. The number of hydrogen-bond donors (Lipinski definition) is 2. The van der Waals surface area contributed by atoms with Gasteiger partial charge in [-0.05, 0) is 86.0 Å². The lowest BCUT2D eigenvalue weighted by atomic mass is 9.83. The number of nitrogens with zero attached hydrogens (tertiary/aromatic N) is 3. The summed E-state index contributed by atoms with van der Waals surface area (Å²) in [5.74, 6) is -0.417. The summed E-state index contributed by atoms with van der Waals surface area (Å²) in [7, 11) is 5.98. The molecule has 1 aliphatic carbocycles. The van der Waals surface area contributed by atoms with Gasteiger partial charge in [-0.15, -0.1) is 0 Å². The van der Waals surface area contributed by atoms with Crippen LogP contribution in [-0.4, -0.2) is 66.4 Å². The van der Waals surface area contributed by atoms with E-state index in [4.69, 9.17) is 0 Å². The van der Waals surface area contributed by atoms with Crippen molar-refractivity contribution in [2.45, 2.75) is 58.0 Å². The van der Waals surface area contributed by atoms with E-state index in [2.05, 4.69) is 54.2 Å². The Bertz CT molecular complexity index is 1740. The van der Waals surface area contributed by atoms with Crippen molar-refractivity contribution in [2.75, 3.05) is 44.4 Å². The van der Waals surface area contributed by atoms with Crippen molar-refractivity contribution in [2.24, 2.45) is 11.3 Å². The maximum absolute atomic E-state index is 15.2. The fourth-order valence-corrected chi connectivity index (χ4v) is 7.67. The van der Waals surface area contributed by atoms with E-state index in [0.717, 1.165) is 16.9 Å². The molecule has 6 rings (SSSR count). The number of amides is 2. The Balaban J connectivity index is 1.35. The van der Waals surface area contributed by atoms with Crippen molar-refractivity contribution >= 4 is 34.1 Å². The zero-order chi connectivity index (χ0) is 32.8. The molecule has 2 heterocycles. The van der Waals surface area contributed by atoms with Crippen molar-refractivity contribution < 1.29 is 14.0 Å². The minimum atomic E-state index is -1.13. The highest BCUT2D eigenvalue weighted by atomic mass is 19.1. The highest BCUT2D eigenvalue weighted by Gasteiger charge is 2.60. The highest BCUT2D eigenvalue weighted by molar-refractivity contribution is 6.01. The molecule has 7 nitrogen and oxygen atoms in total. The fraction of sp³-hybridized carbons (Fsp3) is 0.421. The topological polar surface area (TPSA) is 71.7 Å². The summed E-state index contributed by atoms with van der Waals surface area (Å²) >= 11 is 0. The lowest BCUT2D eigenvalue weighted by Gasteiger charge is -2.47. The summed E-state index contributed by atoms with van der Waals surface area (Å²) < 4.78 is 15.2. The second kappa shape index (κ2) is 12.2. The molecule has 2 aliphatic rings. The Labute approximate surface area is 271 Å². The molecule has 2 unspecified atom stereocenters. The molecule has 1 aromatic heterocycles. The molecule has 3 aromatic carbocycles. The van der Waals surface area contributed by atoms with Gasteiger partial charge in [0.1, 0.15) is 11.4 Å². The first-order valence-corrected chi connectivity index (χ1v) is 16.3. The molecular formula is C38H46FN5O2. The number of aromatic amines is 1. The van der Waals surface area contributed by atoms with Crippen molar-refractivity contribution in [1.82, 2.24) is 14.8 Å². The Morgan fingerprint density at radius 1 is 0.978 bits per heavy atom. The number of carbonyl (C=O) groups excluding carboxylic acids is 2. The SMILES string of the molecule is Cc1[nH]c2ccccc2c1C1C(CC(=O)N(Cc2ccccc2F)C2(C(=O)Nc3ccc(N(C)C)cc3)CCN(C)CC2)C1(C)C. The van der Waals surface area contributed by atoms with Gasteiger partial charge in [0.15, 0.2) is 0 Å². The van der Waals surface area contributed by atoms with Crippen LogP contribution in [-0.2, 0) is 16.1 Å². The number of rotatable bonds is 9. The predicted octanol–water partition coefficient (Wildman–Crippen LogP) is 6.94. The van der Waals surface area contributed by atoms with Crippen LogP contribution in [0.2, 0.25) is 0 Å². The molecule has 2 fully saturated rings. The monoisotopic (exact) mass is 623 g/mol. The van der Waals surface area contributed by atoms with Gasteiger partial charge in [0.25, 0.3) is 0 Å². The number of hydrogen-bond acceptors (Lipinski definition) is 4. The van der Waals surface area contributed by atoms with Gasteiger partial charge in [-0.3, -0.25) is 9.59 Å². The molecule has 2 N–H and O–H groups in total. The zero-order valence-electron chi connectivity index (χ0n) is 27.9. The number of benzene rings is 3. The quantitative estimate of drug-likeness (QED) is 0.212. The number of halogens is 1. The first-order chi connectivity index (χ1) is 21.9. The van der Waals surface area contributed by atoms with Crippen LogP contribution >= 0.6 is 0 Å². The first-order valence-electron chi connectivity index (χ1n) is 16.3. The van der Waals surface area contributed by atoms with Crippen LogP contribution in [0.25, 0.3) is 10.9 Å². The smallest absolute Gasteiger partial charge is 0.250 e. The van der Waals surface area contributed by atoms with E-state index in [1.807, 2.05) is 56.4 Å². The Kier molecular flexibility index (Phi) is 8.44. The van der Waals surface area contributed by atoms with Crippen LogP contribution < -0.4 is 10.2 Å². The Morgan fingerprint density at radius 2 is 1.63 bits per heavy atom. The molecule has 0 bridgehead atoms. The van der Waals surface area contributed by atoms with E-state index in [0.29, 0.717) is 37.2 Å². The number of nitrogens with one attached hydrogen (secondary N) is 2. The molecular weight excluding hydrogens is 577 g/mol. The third-order valence-corrected chi connectivity index (χ3v) is 10.7. The number of aryl methyl sites for hydroxylation is 1. The maximum atomic E-state index is 15.2. The third-order valence-electron chi connectivity index (χ3n) is 10.7. The van der Waals surface area contributed by atoms with Gasteiger partial charge in [-0.25, -0.2) is 4.39 Å². The van der Waals surface area contributed by atoms with E-state index in [1.54, 1.807) is 23.1 Å². The molecule has 242 valence electrons. The van der Waals surface area contributed by atoms with E-state index in [9.17, 15) is 9.59 Å². The van der Waals surface area contributed by atoms with Crippen LogP contribution in [0.3, 0.4) is 0 Å². The summed E-state index contributed by atoms with van der Waals surface area (Å²) in [6.45, 7) is 7.91. The summed E-state index contributed by atoms with van der Waals surface area (Å²) in [5.41, 5.74) is 4.38. The number of aromatic nitrogens is 1. The van der Waals surface area contributed by atoms with Gasteiger partial charge < -0.3 is 25.0 Å². The number of likely N-dealkylation sites (tertiary alicyclic amines) is 1. The second-order valence-electron chi connectivity index (χ2n) is 14.1. The first kappa shape index (κ1) is 31.8. The Hall–Kier alpha value is -4.17. The molecule has 0 radical (unpaired) electrons. The lowest BCUT2D eigenvalue weighted by Crippen LogP contribution is -2.63. The zero-order valence-corrected chi connectivity index (χ0v) is 27.9. The van der Waals surface area contributed by atoms with Crippen LogP contribution in [0, 0.1) is 24.1 Å². The number of piperidine rings is 1. The second-order valence-corrected chi connectivity index (χ2v) is 14.1. The van der Waals surface area contributed by atoms with Crippen molar-refractivity contribution in [1.29, 1.82) is 0 Å². The largest absolute Gasteiger partial charge is 0.378 e. The van der Waals surface area contributed by atoms with Gasteiger partial charge >= 0.3 is 0 Å². The molecule has 1 saturated carbocycles. The minimum Gasteiger partial charge on any atom is -0.378 e. The molecule has 4 aromatic rings. The van der Waals surface area contributed by atoms with Gasteiger partial charge in [0.2, 0.25) is 11.8 Å². The van der Waals surface area contributed by atoms with Crippen molar-refractivity contribution in [3.05, 3.63) is 95.4 Å². The van der Waals surface area contributed by atoms with E-state index in [1.165, 1.54) is 17.0 Å². The third kappa shape index (κ3) is 5.79. The molecule has 46 heavy (non-hydrogen) atoms. The number of anilines is 2. The van der Waals surface area contributed by atoms with Crippen LogP contribution in [0.5, 0.6) is 0 Å². The maximum Gasteiger partial charge on any atom is 0.250 e. The summed E-state index contributed by atoms with van der Waals surface area (Å²) in [6, 6.07) is 22.6. The van der Waals surface area contributed by atoms with Gasteiger partial charge in [-0.2, -0.15) is 0 Å². The highest BCUT2D eigenvalue weighted by Crippen LogP contribution is 2.67. The molecule has 2 amide bonds. The average Bonchev–Trinajstić information content (AvgIpc) is 3.37. The fourth-order valence-electron chi connectivity index (χ4n) is 7.67. The molecule has 1 aliphatic heterocycles. The van der Waals surface area contributed by atoms with Crippen LogP contribution in [0.4, 0.5) is 15.8 Å². The lowest BCUT2D eigenvalue weighted by molar-refractivity contribution is -0.150. The van der Waals surface area contributed by atoms with E-state index in [-0.39, 0.29) is 47.8 Å². The van der Waals surface area contributed by atoms with Crippen LogP contribution in [0.15, 0.2) is 72.8 Å². The standard InChI is InChI=1S/C38H46FN5O2/c1-25-34(29-12-8-10-14-32(29)40-25)35-30(37(35,2)3)23-33(45)44(24-26-11-7-9-13-31(26)39)38(19-21-43(6)22-20-38)36(46)41-27-15-17-28(18-16-27)42(4)5/h7-18,30,35,40H,19-24H2,1-6H3,(H,41,46). The van der Waals surface area contributed by atoms with E-state index >= 15 is 4.39 Å². The number of H-pyrrole nitrogens is 1. The minimum absolute atomic E-state index is 0.0339. The number of carbonyl (C=O) groups is 2. The summed E-state index contributed by atoms with van der Waals surface area (Å²) in [5, 5.41) is 4.34. The van der Waals surface area contributed by atoms with Crippen LogP contribution in [0.1, 0.15) is 55.8 Å². The average molecular weight is 624 g/mol. The molecule has 2 atom stereocenters. The van der Waals surface area contributed by atoms with Gasteiger partial charge in [0, 0.05) is 73.7 Å². The molecule has 8 heteroatoms. The van der Waals surface area contributed by atoms with Crippen molar-refractivity contribution in [3.63, 3.8) is 0 Å². The molecule has 0 spiro atoms. The Morgan fingerprint density at radius 3 is 2.30 bits per heavy atom. The number of fused-ring (bicyclic) bond motifs is 1. The van der Waals surface area contributed by atoms with Crippen molar-refractivity contribution in [3.8, 4) is 0 Å². The van der Waals surface area contributed by atoms with Gasteiger partial charge in [0.05, 0.1) is 0 Å².